The second kappa shape index (κ2) is 8.13. The third kappa shape index (κ3) is 4.10. The predicted octanol–water partition coefficient (Wildman–Crippen LogP) is 2.81. The molecule has 0 bridgehead atoms. The van der Waals surface area contributed by atoms with Crippen molar-refractivity contribution in [2.24, 2.45) is 5.92 Å². The molecule has 2 amide bonds. The summed E-state index contributed by atoms with van der Waals surface area (Å²) in [5, 5.41) is 2.99. The molecule has 1 N–H and O–H groups in total. The number of nitrogens with one attached hydrogen (secondary N) is 1. The Morgan fingerprint density at radius 1 is 1.19 bits per heavy atom. The smallest absolute Gasteiger partial charge is 0.255 e. The van der Waals surface area contributed by atoms with Gasteiger partial charge in [-0.1, -0.05) is 38.1 Å². The summed E-state index contributed by atoms with van der Waals surface area (Å²) in [5.41, 5.74) is 2.65. The number of benzene rings is 1. The zero-order chi connectivity index (χ0) is 18.5. The molecular weight excluding hydrogens is 326 g/mol. The van der Waals surface area contributed by atoms with Crippen molar-refractivity contribution in [3.8, 4) is 0 Å². The molecule has 0 saturated carbocycles. The van der Waals surface area contributed by atoms with Crippen LogP contribution in [-0.2, 0) is 17.8 Å². The Labute approximate surface area is 154 Å². The lowest BCUT2D eigenvalue weighted by molar-refractivity contribution is -0.126. The van der Waals surface area contributed by atoms with Gasteiger partial charge in [0.25, 0.3) is 5.91 Å². The van der Waals surface area contributed by atoms with Crippen LogP contribution in [0.2, 0.25) is 0 Å². The van der Waals surface area contributed by atoms with E-state index in [4.69, 9.17) is 0 Å². The molecule has 26 heavy (non-hydrogen) atoms. The summed E-state index contributed by atoms with van der Waals surface area (Å²) in [4.78, 5) is 31.6. The second-order valence-corrected chi connectivity index (χ2v) is 7.10. The van der Waals surface area contributed by atoms with Crippen LogP contribution >= 0.6 is 0 Å². The number of aromatic nitrogens is 1. The van der Waals surface area contributed by atoms with E-state index in [9.17, 15) is 9.59 Å². The molecule has 0 radical (unpaired) electrons. The zero-order valence-electron chi connectivity index (χ0n) is 15.3. The van der Waals surface area contributed by atoms with Crippen LogP contribution in [0.1, 0.15) is 41.9 Å². The lowest BCUT2D eigenvalue weighted by Crippen LogP contribution is -2.48. The van der Waals surface area contributed by atoms with Gasteiger partial charge in [-0.15, -0.1) is 0 Å². The van der Waals surface area contributed by atoms with Crippen LogP contribution in [0.5, 0.6) is 0 Å². The zero-order valence-corrected chi connectivity index (χ0v) is 15.3. The second-order valence-electron chi connectivity index (χ2n) is 7.10. The van der Waals surface area contributed by atoms with Gasteiger partial charge in [0.2, 0.25) is 5.91 Å². The van der Waals surface area contributed by atoms with Crippen molar-refractivity contribution in [1.29, 1.82) is 0 Å². The molecule has 0 saturated heterocycles. The van der Waals surface area contributed by atoms with Gasteiger partial charge >= 0.3 is 0 Å². The molecular formula is C21H25N3O2. The molecule has 1 aromatic heterocycles. The van der Waals surface area contributed by atoms with E-state index >= 15 is 0 Å². The fourth-order valence-electron chi connectivity index (χ4n) is 3.33. The number of carbonyl (C=O) groups is 2. The van der Waals surface area contributed by atoms with Gasteiger partial charge in [0.05, 0.1) is 0 Å². The van der Waals surface area contributed by atoms with Gasteiger partial charge in [-0.2, -0.15) is 0 Å². The molecule has 2 heterocycles. The Bertz CT molecular complexity index is 774. The average Bonchev–Trinajstić information content (AvgIpc) is 2.97. The number of pyridine rings is 1. The molecule has 1 atom stereocenters. The highest BCUT2D eigenvalue weighted by molar-refractivity contribution is 6.01. The monoisotopic (exact) mass is 351 g/mol. The van der Waals surface area contributed by atoms with E-state index in [0.29, 0.717) is 37.4 Å². The van der Waals surface area contributed by atoms with Gasteiger partial charge in [-0.25, -0.2) is 0 Å². The Hall–Kier alpha value is -2.69. The van der Waals surface area contributed by atoms with Crippen LogP contribution in [-0.4, -0.2) is 34.3 Å². The first kappa shape index (κ1) is 18.1. The van der Waals surface area contributed by atoms with Gasteiger partial charge < -0.3 is 10.2 Å². The lowest BCUT2D eigenvalue weighted by Gasteiger charge is -2.28. The standard InChI is InChI=1S/C21H25N3O2/c1-15(2)13-19(20(25)23-12-10-17-8-5-6-11-22-17)24-14-16-7-3-4-9-18(16)21(24)26/h3-9,11,15,19H,10,12-14H2,1-2H3,(H,23,25). The number of hydrogen-bond acceptors (Lipinski definition) is 3. The highest BCUT2D eigenvalue weighted by Gasteiger charge is 2.36. The molecule has 1 aliphatic heterocycles. The largest absolute Gasteiger partial charge is 0.354 e. The Kier molecular flexibility index (Phi) is 5.66. The van der Waals surface area contributed by atoms with Gasteiger partial charge in [0, 0.05) is 37.0 Å². The van der Waals surface area contributed by atoms with E-state index in [2.05, 4.69) is 24.1 Å². The van der Waals surface area contributed by atoms with Crippen molar-refractivity contribution >= 4 is 11.8 Å². The fourth-order valence-corrected chi connectivity index (χ4v) is 3.33. The van der Waals surface area contributed by atoms with Crippen LogP contribution in [0.25, 0.3) is 0 Å². The number of fused-ring (bicyclic) bond motifs is 1. The van der Waals surface area contributed by atoms with Gasteiger partial charge in [-0.05, 0) is 36.1 Å². The van der Waals surface area contributed by atoms with Crippen molar-refractivity contribution in [2.75, 3.05) is 6.54 Å². The van der Waals surface area contributed by atoms with Gasteiger partial charge in [-0.3, -0.25) is 14.6 Å². The predicted molar refractivity (Wildman–Crippen MR) is 101 cm³/mol. The number of rotatable bonds is 7. The molecule has 0 fully saturated rings. The highest BCUT2D eigenvalue weighted by Crippen LogP contribution is 2.26. The summed E-state index contributed by atoms with van der Waals surface area (Å²) < 4.78 is 0. The molecule has 0 spiro atoms. The van der Waals surface area contributed by atoms with Crippen molar-refractivity contribution in [1.82, 2.24) is 15.2 Å². The van der Waals surface area contributed by atoms with E-state index < -0.39 is 6.04 Å². The summed E-state index contributed by atoms with van der Waals surface area (Å²) in [6.07, 6.45) is 3.07. The third-order valence-electron chi connectivity index (χ3n) is 4.63. The molecule has 1 unspecified atom stereocenters. The summed E-state index contributed by atoms with van der Waals surface area (Å²) in [6, 6.07) is 12.9. The molecule has 0 aliphatic carbocycles. The van der Waals surface area contributed by atoms with E-state index in [1.165, 1.54) is 0 Å². The molecule has 5 heteroatoms. The molecule has 136 valence electrons. The van der Waals surface area contributed by atoms with E-state index in [1.54, 1.807) is 11.1 Å². The first-order valence-corrected chi connectivity index (χ1v) is 9.12. The topological polar surface area (TPSA) is 62.3 Å². The number of nitrogens with zero attached hydrogens (tertiary/aromatic N) is 2. The SMILES string of the molecule is CC(C)CC(C(=O)NCCc1ccccn1)N1Cc2ccccc2C1=O. The average molecular weight is 351 g/mol. The highest BCUT2D eigenvalue weighted by atomic mass is 16.2. The van der Waals surface area contributed by atoms with Crippen LogP contribution in [0.15, 0.2) is 48.7 Å². The summed E-state index contributed by atoms with van der Waals surface area (Å²) in [6.45, 7) is 5.16. The molecule has 5 nitrogen and oxygen atoms in total. The molecule has 2 aromatic rings. The Balaban J connectivity index is 1.66. The van der Waals surface area contributed by atoms with Crippen LogP contribution < -0.4 is 5.32 Å². The minimum absolute atomic E-state index is 0.0499. The summed E-state index contributed by atoms with van der Waals surface area (Å²) >= 11 is 0. The summed E-state index contributed by atoms with van der Waals surface area (Å²) in [5.74, 6) is 0.181. The molecule has 3 rings (SSSR count). The quantitative estimate of drug-likeness (QED) is 0.834. The summed E-state index contributed by atoms with van der Waals surface area (Å²) in [7, 11) is 0. The van der Waals surface area contributed by atoms with E-state index in [1.807, 2.05) is 42.5 Å². The number of hydrogen-bond donors (Lipinski definition) is 1. The maximum Gasteiger partial charge on any atom is 0.255 e. The number of amides is 2. The number of carbonyl (C=O) groups excluding carboxylic acids is 2. The maximum atomic E-state index is 12.8. The molecule has 1 aromatic carbocycles. The van der Waals surface area contributed by atoms with Crippen LogP contribution in [0.4, 0.5) is 0 Å². The minimum atomic E-state index is -0.446. The van der Waals surface area contributed by atoms with Crippen molar-refractivity contribution < 1.29 is 9.59 Å². The maximum absolute atomic E-state index is 12.8. The van der Waals surface area contributed by atoms with Crippen molar-refractivity contribution in [3.63, 3.8) is 0 Å². The molecule has 1 aliphatic rings. The fraction of sp³-hybridized carbons (Fsp3) is 0.381. The first-order chi connectivity index (χ1) is 12.6. The van der Waals surface area contributed by atoms with E-state index in [-0.39, 0.29) is 11.8 Å². The minimum Gasteiger partial charge on any atom is -0.354 e. The Morgan fingerprint density at radius 3 is 2.65 bits per heavy atom. The normalized spacial score (nSPS) is 14.4. The third-order valence-corrected chi connectivity index (χ3v) is 4.63. The van der Waals surface area contributed by atoms with Gasteiger partial charge in [0.1, 0.15) is 6.04 Å². The van der Waals surface area contributed by atoms with Crippen LogP contribution in [0, 0.1) is 5.92 Å². The van der Waals surface area contributed by atoms with Crippen LogP contribution in [0.3, 0.4) is 0 Å². The van der Waals surface area contributed by atoms with Crippen molar-refractivity contribution in [2.45, 2.75) is 39.3 Å². The van der Waals surface area contributed by atoms with E-state index in [0.717, 1.165) is 11.3 Å². The Morgan fingerprint density at radius 2 is 1.96 bits per heavy atom. The van der Waals surface area contributed by atoms with Gasteiger partial charge in [0.15, 0.2) is 0 Å². The lowest BCUT2D eigenvalue weighted by atomic mass is 10.0. The first-order valence-electron chi connectivity index (χ1n) is 9.12. The van der Waals surface area contributed by atoms with Crippen molar-refractivity contribution in [3.05, 3.63) is 65.5 Å².